The maximum Gasteiger partial charge on any atom is 0.239 e. The fraction of sp³-hybridized carbons (Fsp3) is 0.400. The van der Waals surface area contributed by atoms with E-state index in [9.17, 15) is 14.4 Å². The second-order valence-corrected chi connectivity index (χ2v) is 9.14. The number of piperazine rings is 1. The van der Waals surface area contributed by atoms with Crippen molar-refractivity contribution >= 4 is 40.7 Å². The fourth-order valence-electron chi connectivity index (χ4n) is 4.36. The molecule has 0 aliphatic carbocycles. The quantitative estimate of drug-likeness (QED) is 0.684. The standard InChI is InChI=1S/C25H29ClN4O3/c1-17-7-8-19(15-18(17)2)30-10-9-20(25(30)33)24(32)29-13-11-28(12-14-29)16-23(31)27-22-6-4-3-5-21(22)26/h3-8,15,20H,9-14,16H2,1-2H3,(H,27,31). The number of benzene rings is 2. The van der Waals surface area contributed by atoms with E-state index in [-0.39, 0.29) is 24.3 Å². The third-order valence-electron chi connectivity index (χ3n) is 6.50. The van der Waals surface area contributed by atoms with E-state index in [1.54, 1.807) is 21.9 Å². The highest BCUT2D eigenvalue weighted by atomic mass is 35.5. The lowest BCUT2D eigenvalue weighted by atomic mass is 10.1. The average molecular weight is 469 g/mol. The first-order valence-electron chi connectivity index (χ1n) is 11.3. The number of amides is 3. The van der Waals surface area contributed by atoms with Crippen molar-refractivity contribution in [1.29, 1.82) is 0 Å². The summed E-state index contributed by atoms with van der Waals surface area (Å²) in [7, 11) is 0. The van der Waals surface area contributed by atoms with Gasteiger partial charge in [0.1, 0.15) is 5.92 Å². The molecule has 7 nitrogen and oxygen atoms in total. The molecule has 2 aliphatic heterocycles. The number of carbonyl (C=O) groups excluding carboxylic acids is 3. The Kier molecular flexibility index (Phi) is 7.00. The molecule has 4 rings (SSSR count). The Morgan fingerprint density at radius 1 is 1.00 bits per heavy atom. The molecule has 0 bridgehead atoms. The van der Waals surface area contributed by atoms with Crippen LogP contribution in [-0.4, -0.2) is 66.8 Å². The van der Waals surface area contributed by atoms with Gasteiger partial charge in [-0.05, 0) is 55.7 Å². The largest absolute Gasteiger partial charge is 0.339 e. The summed E-state index contributed by atoms with van der Waals surface area (Å²) in [5, 5.41) is 3.32. The monoisotopic (exact) mass is 468 g/mol. The van der Waals surface area contributed by atoms with Gasteiger partial charge in [-0.2, -0.15) is 0 Å². The summed E-state index contributed by atoms with van der Waals surface area (Å²) < 4.78 is 0. The van der Waals surface area contributed by atoms with Crippen molar-refractivity contribution in [2.24, 2.45) is 5.92 Å². The SMILES string of the molecule is Cc1ccc(N2CCC(C(=O)N3CCN(CC(=O)Nc4ccccc4Cl)CC3)C2=O)cc1C. The van der Waals surface area contributed by atoms with Crippen molar-refractivity contribution in [3.8, 4) is 0 Å². The zero-order chi connectivity index (χ0) is 23.5. The van der Waals surface area contributed by atoms with Crippen molar-refractivity contribution in [2.45, 2.75) is 20.3 Å². The number of hydrogen-bond acceptors (Lipinski definition) is 4. The third-order valence-corrected chi connectivity index (χ3v) is 6.83. The zero-order valence-corrected chi connectivity index (χ0v) is 19.8. The summed E-state index contributed by atoms with van der Waals surface area (Å²) in [5.74, 6) is -0.990. The number of hydrogen-bond donors (Lipinski definition) is 1. The number of carbonyl (C=O) groups is 3. The molecule has 0 spiro atoms. The first-order valence-corrected chi connectivity index (χ1v) is 11.7. The van der Waals surface area contributed by atoms with Crippen LogP contribution >= 0.6 is 11.6 Å². The van der Waals surface area contributed by atoms with Crippen molar-refractivity contribution in [3.63, 3.8) is 0 Å². The van der Waals surface area contributed by atoms with Gasteiger partial charge in [-0.15, -0.1) is 0 Å². The number of nitrogens with one attached hydrogen (secondary N) is 1. The number of halogens is 1. The lowest BCUT2D eigenvalue weighted by molar-refractivity contribution is -0.141. The number of aryl methyl sites for hydroxylation is 2. The first-order chi connectivity index (χ1) is 15.8. The number of para-hydroxylation sites is 1. The Morgan fingerprint density at radius 2 is 1.73 bits per heavy atom. The average Bonchev–Trinajstić information content (AvgIpc) is 3.18. The molecular weight excluding hydrogens is 440 g/mol. The summed E-state index contributed by atoms with van der Waals surface area (Å²) >= 11 is 6.10. The molecule has 2 aliphatic rings. The molecule has 174 valence electrons. The van der Waals surface area contributed by atoms with Crippen LogP contribution in [0.5, 0.6) is 0 Å². The minimum Gasteiger partial charge on any atom is -0.339 e. The molecule has 2 fully saturated rings. The molecule has 2 saturated heterocycles. The normalized spacial score (nSPS) is 19.1. The Bertz CT molecular complexity index is 1070. The molecule has 0 aromatic heterocycles. The van der Waals surface area contributed by atoms with Crippen LogP contribution in [0.4, 0.5) is 11.4 Å². The van der Waals surface area contributed by atoms with E-state index in [0.29, 0.717) is 49.9 Å². The maximum absolute atomic E-state index is 13.1. The molecule has 2 heterocycles. The molecular formula is C25H29ClN4O3. The van der Waals surface area contributed by atoms with Crippen LogP contribution in [0.3, 0.4) is 0 Å². The fourth-order valence-corrected chi connectivity index (χ4v) is 4.54. The number of nitrogens with zero attached hydrogens (tertiary/aromatic N) is 3. The number of rotatable bonds is 5. The Labute approximate surface area is 199 Å². The second-order valence-electron chi connectivity index (χ2n) is 8.73. The van der Waals surface area contributed by atoms with Crippen LogP contribution in [0, 0.1) is 19.8 Å². The predicted octanol–water partition coefficient (Wildman–Crippen LogP) is 3.09. The summed E-state index contributed by atoms with van der Waals surface area (Å²) in [4.78, 5) is 44.0. The van der Waals surface area contributed by atoms with Crippen molar-refractivity contribution in [3.05, 3.63) is 58.6 Å². The molecule has 1 N–H and O–H groups in total. The Hall–Kier alpha value is -2.90. The van der Waals surface area contributed by atoms with Crippen molar-refractivity contribution in [1.82, 2.24) is 9.80 Å². The highest BCUT2D eigenvalue weighted by Gasteiger charge is 2.40. The van der Waals surface area contributed by atoms with E-state index in [1.165, 1.54) is 5.56 Å². The molecule has 0 saturated carbocycles. The highest BCUT2D eigenvalue weighted by molar-refractivity contribution is 6.33. The summed E-state index contributed by atoms with van der Waals surface area (Å²) in [6.07, 6.45) is 0.533. The van der Waals surface area contributed by atoms with Crippen LogP contribution in [0.15, 0.2) is 42.5 Å². The molecule has 1 unspecified atom stereocenters. The van der Waals surface area contributed by atoms with Gasteiger partial charge in [0, 0.05) is 38.4 Å². The third kappa shape index (κ3) is 5.20. The molecule has 3 amide bonds. The van der Waals surface area contributed by atoms with Gasteiger partial charge in [0.25, 0.3) is 0 Å². The van der Waals surface area contributed by atoms with E-state index < -0.39 is 5.92 Å². The molecule has 2 aromatic carbocycles. The highest BCUT2D eigenvalue weighted by Crippen LogP contribution is 2.28. The van der Waals surface area contributed by atoms with Gasteiger partial charge in [-0.25, -0.2) is 0 Å². The number of anilines is 2. The lowest BCUT2D eigenvalue weighted by Crippen LogP contribution is -2.52. The van der Waals surface area contributed by atoms with Crippen LogP contribution in [-0.2, 0) is 14.4 Å². The maximum atomic E-state index is 13.1. The van der Waals surface area contributed by atoms with Gasteiger partial charge in [0.15, 0.2) is 0 Å². The van der Waals surface area contributed by atoms with Crippen LogP contribution in [0.2, 0.25) is 5.02 Å². The summed E-state index contributed by atoms with van der Waals surface area (Å²) in [5.41, 5.74) is 3.75. The predicted molar refractivity (Wildman–Crippen MR) is 129 cm³/mol. The minimum atomic E-state index is -0.623. The van der Waals surface area contributed by atoms with Gasteiger partial charge in [-0.1, -0.05) is 29.8 Å². The van der Waals surface area contributed by atoms with Crippen molar-refractivity contribution in [2.75, 3.05) is 49.5 Å². The second kappa shape index (κ2) is 9.93. The van der Waals surface area contributed by atoms with E-state index in [4.69, 9.17) is 11.6 Å². The smallest absolute Gasteiger partial charge is 0.239 e. The van der Waals surface area contributed by atoms with Crippen LogP contribution in [0.25, 0.3) is 0 Å². The van der Waals surface area contributed by atoms with Crippen molar-refractivity contribution < 1.29 is 14.4 Å². The van der Waals surface area contributed by atoms with Gasteiger partial charge >= 0.3 is 0 Å². The molecule has 33 heavy (non-hydrogen) atoms. The van der Waals surface area contributed by atoms with Gasteiger partial charge in [0.05, 0.1) is 17.3 Å². The Morgan fingerprint density at radius 3 is 2.42 bits per heavy atom. The molecule has 8 heteroatoms. The minimum absolute atomic E-state index is 0.105. The van der Waals surface area contributed by atoms with Gasteiger partial charge in [-0.3, -0.25) is 19.3 Å². The molecule has 2 aromatic rings. The van der Waals surface area contributed by atoms with Crippen LogP contribution in [0.1, 0.15) is 17.5 Å². The van der Waals surface area contributed by atoms with Gasteiger partial charge in [0.2, 0.25) is 17.7 Å². The van der Waals surface area contributed by atoms with E-state index in [2.05, 4.69) is 5.32 Å². The van der Waals surface area contributed by atoms with E-state index >= 15 is 0 Å². The first kappa shape index (κ1) is 23.3. The van der Waals surface area contributed by atoms with E-state index in [1.807, 2.05) is 49.1 Å². The van der Waals surface area contributed by atoms with Gasteiger partial charge < -0.3 is 15.1 Å². The van der Waals surface area contributed by atoms with E-state index in [0.717, 1.165) is 11.3 Å². The Balaban J connectivity index is 1.28. The zero-order valence-electron chi connectivity index (χ0n) is 19.0. The topological polar surface area (TPSA) is 73.0 Å². The summed E-state index contributed by atoms with van der Waals surface area (Å²) in [6, 6.07) is 13.1. The molecule has 1 atom stereocenters. The van der Waals surface area contributed by atoms with Crippen LogP contribution < -0.4 is 10.2 Å². The lowest BCUT2D eigenvalue weighted by Gasteiger charge is -2.35. The summed E-state index contributed by atoms with van der Waals surface area (Å²) in [6.45, 7) is 7.04. The molecule has 0 radical (unpaired) electrons.